The van der Waals surface area contributed by atoms with Gasteiger partial charge in [0.1, 0.15) is 24.3 Å². The van der Waals surface area contributed by atoms with E-state index in [0.717, 1.165) is 0 Å². The van der Waals surface area contributed by atoms with Crippen molar-refractivity contribution < 1.29 is 35.8 Å². The lowest BCUT2D eigenvalue weighted by Gasteiger charge is -2.23. The Labute approximate surface area is 150 Å². The number of aliphatic hydroxyl groups excluding tert-OH is 3. The van der Waals surface area contributed by atoms with E-state index in [0.29, 0.717) is 0 Å². The van der Waals surface area contributed by atoms with E-state index in [-0.39, 0.29) is 24.5 Å². The van der Waals surface area contributed by atoms with E-state index in [4.69, 9.17) is 10.8 Å². The van der Waals surface area contributed by atoms with Crippen molar-refractivity contribution in [3.8, 4) is 0 Å². The molecule has 0 saturated carbocycles. The highest BCUT2D eigenvalue weighted by molar-refractivity contribution is 5.97. The number of anilines is 1. The van der Waals surface area contributed by atoms with Gasteiger partial charge in [-0.2, -0.15) is 0 Å². The minimum atomic E-state index is -1.31. The van der Waals surface area contributed by atoms with Crippen LogP contribution >= 0.6 is 0 Å². The summed E-state index contributed by atoms with van der Waals surface area (Å²) in [5.74, 6) is -1.08. The number of carbonyl (C=O) groups excluding carboxylic acids is 2. The first kappa shape index (κ1) is 17.2. The number of amides is 1. The summed E-state index contributed by atoms with van der Waals surface area (Å²) in [6, 6.07) is 0. The van der Waals surface area contributed by atoms with Gasteiger partial charge >= 0.3 is 5.97 Å². The van der Waals surface area contributed by atoms with Gasteiger partial charge in [-0.25, -0.2) is 4.98 Å². The van der Waals surface area contributed by atoms with Crippen LogP contribution in [0.15, 0.2) is 6.33 Å². The van der Waals surface area contributed by atoms with E-state index in [1.54, 1.807) is 0 Å². The highest BCUT2D eigenvalue weighted by Gasteiger charge is 2.48. The standard InChI is InChI=1S/C15H22N4O7/c1-2-3-9(22)26-12-11(23)7(5-20)25-15(12)19-6-17-10-13(19)16-4-8(21)18-14(10)24/h6-8,11-12,15-16,20-21,23H,2-5H2,1H3,(H,18,24)/t7-,8?,11-,12-,15?/m1/s1/i2D/t2?,7-,8?,11-,12-,15?. The first-order valence-corrected chi connectivity index (χ1v) is 8.17. The van der Waals surface area contributed by atoms with Crippen molar-refractivity contribution in [3.63, 3.8) is 0 Å². The Bertz CT molecular complexity index is 712. The highest BCUT2D eigenvalue weighted by atomic mass is 16.6. The summed E-state index contributed by atoms with van der Waals surface area (Å²) in [7, 11) is 0. The molecule has 2 aliphatic heterocycles. The molecule has 1 fully saturated rings. The molecule has 0 bridgehead atoms. The molecule has 1 saturated heterocycles. The number of esters is 1. The number of rotatable bonds is 5. The molecule has 3 heterocycles. The van der Waals surface area contributed by atoms with E-state index in [1.807, 2.05) is 0 Å². The zero-order valence-corrected chi connectivity index (χ0v) is 14.0. The van der Waals surface area contributed by atoms with Gasteiger partial charge in [-0.3, -0.25) is 14.2 Å². The zero-order valence-electron chi connectivity index (χ0n) is 15.0. The lowest BCUT2D eigenvalue weighted by Crippen LogP contribution is -2.37. The van der Waals surface area contributed by atoms with Crippen molar-refractivity contribution in [1.82, 2.24) is 14.9 Å². The van der Waals surface area contributed by atoms with Crippen LogP contribution in [0.2, 0.25) is 0 Å². The summed E-state index contributed by atoms with van der Waals surface area (Å²) >= 11 is 0. The number of hydrogen-bond acceptors (Lipinski definition) is 9. The number of carbonyl (C=O) groups is 2. The van der Waals surface area contributed by atoms with Gasteiger partial charge in [0.25, 0.3) is 5.91 Å². The van der Waals surface area contributed by atoms with Crippen molar-refractivity contribution in [2.24, 2.45) is 0 Å². The zero-order chi connectivity index (χ0) is 19.7. The third kappa shape index (κ3) is 3.38. The molecule has 6 atom stereocenters. The smallest absolute Gasteiger partial charge is 0.306 e. The maximum Gasteiger partial charge on any atom is 0.306 e. The van der Waals surface area contributed by atoms with Crippen molar-refractivity contribution in [3.05, 3.63) is 12.0 Å². The molecule has 11 heteroatoms. The Kier molecular flexibility index (Phi) is 5.02. The molecule has 0 spiro atoms. The SMILES string of the molecule is [2H]C(C)CC(=O)O[C@H]1C(n2cnc3c2NCC(O)NC3=O)O[C@H](CO)[C@H]1O. The van der Waals surface area contributed by atoms with E-state index < -0.39 is 55.6 Å². The molecular formula is C15H22N4O7. The monoisotopic (exact) mass is 371 g/mol. The average Bonchev–Trinajstić information content (AvgIpc) is 3.10. The van der Waals surface area contributed by atoms with Gasteiger partial charge in [0.15, 0.2) is 18.0 Å². The van der Waals surface area contributed by atoms with Gasteiger partial charge in [0.2, 0.25) is 0 Å². The van der Waals surface area contributed by atoms with Crippen LogP contribution in [0.25, 0.3) is 0 Å². The lowest BCUT2D eigenvalue weighted by molar-refractivity contribution is -0.158. The van der Waals surface area contributed by atoms with Gasteiger partial charge in [-0.15, -0.1) is 0 Å². The van der Waals surface area contributed by atoms with Gasteiger partial charge in [-0.05, 0) is 6.40 Å². The molecule has 11 nitrogen and oxygen atoms in total. The fraction of sp³-hybridized carbons (Fsp3) is 0.667. The van der Waals surface area contributed by atoms with Gasteiger partial charge in [-0.1, -0.05) is 6.92 Å². The van der Waals surface area contributed by atoms with Crippen LogP contribution in [-0.4, -0.2) is 74.4 Å². The van der Waals surface area contributed by atoms with Crippen molar-refractivity contribution >= 4 is 17.7 Å². The quantitative estimate of drug-likeness (QED) is 0.382. The first-order valence-electron chi connectivity index (χ1n) is 8.75. The summed E-state index contributed by atoms with van der Waals surface area (Å²) in [6.07, 6.45) is -5.25. The van der Waals surface area contributed by atoms with Crippen LogP contribution in [0.5, 0.6) is 0 Å². The number of fused-ring (bicyclic) bond motifs is 1. The van der Waals surface area contributed by atoms with E-state index in [1.165, 1.54) is 17.8 Å². The van der Waals surface area contributed by atoms with Crippen LogP contribution in [0.4, 0.5) is 5.82 Å². The molecule has 1 amide bonds. The largest absolute Gasteiger partial charge is 0.455 e. The summed E-state index contributed by atoms with van der Waals surface area (Å²) in [4.78, 5) is 28.1. The minimum Gasteiger partial charge on any atom is -0.455 e. The lowest BCUT2D eigenvalue weighted by atomic mass is 10.1. The molecule has 0 radical (unpaired) electrons. The summed E-state index contributed by atoms with van der Waals surface area (Å²) < 4.78 is 19.8. The molecule has 3 rings (SSSR count). The first-order chi connectivity index (χ1) is 12.8. The van der Waals surface area contributed by atoms with Crippen LogP contribution in [0.3, 0.4) is 0 Å². The number of hydrogen-bond donors (Lipinski definition) is 5. The number of aliphatic hydroxyl groups is 3. The number of aromatic nitrogens is 2. The minimum absolute atomic E-state index is 0.00180. The highest BCUT2D eigenvalue weighted by Crippen LogP contribution is 2.35. The molecular weight excluding hydrogens is 348 g/mol. The second-order valence-electron chi connectivity index (χ2n) is 6.02. The predicted octanol–water partition coefficient (Wildman–Crippen LogP) is -1.68. The molecule has 5 N–H and O–H groups in total. The molecule has 0 aromatic carbocycles. The Morgan fingerprint density at radius 2 is 2.35 bits per heavy atom. The fourth-order valence-corrected chi connectivity index (χ4v) is 2.95. The topological polar surface area (TPSA) is 155 Å². The molecule has 1 aromatic heterocycles. The maximum atomic E-state index is 12.1. The summed E-state index contributed by atoms with van der Waals surface area (Å²) in [5.41, 5.74) is 0.00180. The fourth-order valence-electron chi connectivity index (χ4n) is 2.95. The molecule has 0 aliphatic carbocycles. The Balaban J connectivity index is 1.89. The van der Waals surface area contributed by atoms with E-state index in [9.17, 15) is 24.9 Å². The summed E-state index contributed by atoms with van der Waals surface area (Å²) in [6.45, 7) is 1.02. The number of nitrogens with one attached hydrogen (secondary N) is 2. The normalized spacial score (nSPS) is 32.7. The van der Waals surface area contributed by atoms with E-state index >= 15 is 0 Å². The predicted molar refractivity (Wildman–Crippen MR) is 86.0 cm³/mol. The van der Waals surface area contributed by atoms with E-state index in [2.05, 4.69) is 15.6 Å². The van der Waals surface area contributed by atoms with Crippen molar-refractivity contribution in [2.75, 3.05) is 18.5 Å². The molecule has 144 valence electrons. The Morgan fingerprint density at radius 3 is 3.04 bits per heavy atom. The molecule has 2 aliphatic rings. The number of imidazole rings is 1. The number of β-amino-alcohol motifs (C(OH)–C–C–N with tert-alkyl or cyclic N) is 1. The van der Waals surface area contributed by atoms with Crippen LogP contribution in [-0.2, 0) is 14.3 Å². The summed E-state index contributed by atoms with van der Waals surface area (Å²) in [5, 5.41) is 34.6. The van der Waals surface area contributed by atoms with Crippen LogP contribution in [0.1, 0.15) is 37.8 Å². The molecule has 1 aromatic rings. The second kappa shape index (κ2) is 7.58. The van der Waals surface area contributed by atoms with Gasteiger partial charge in [0.05, 0.1) is 19.5 Å². The second-order valence-corrected chi connectivity index (χ2v) is 6.02. The van der Waals surface area contributed by atoms with Gasteiger partial charge in [0, 0.05) is 7.79 Å². The third-order valence-electron chi connectivity index (χ3n) is 4.17. The Hall–Kier alpha value is -2.21. The average molecular weight is 371 g/mol. The van der Waals surface area contributed by atoms with Crippen LogP contribution < -0.4 is 10.6 Å². The maximum absolute atomic E-state index is 12.1. The molecule has 26 heavy (non-hydrogen) atoms. The third-order valence-corrected chi connectivity index (χ3v) is 4.17. The van der Waals surface area contributed by atoms with Gasteiger partial charge < -0.3 is 35.4 Å². The molecule has 3 unspecified atom stereocenters. The van der Waals surface area contributed by atoms with Crippen molar-refractivity contribution in [1.29, 1.82) is 0 Å². The number of nitrogens with zero attached hydrogens (tertiary/aromatic N) is 2. The Morgan fingerprint density at radius 1 is 1.58 bits per heavy atom. The number of ether oxygens (including phenoxy) is 2. The van der Waals surface area contributed by atoms with Crippen molar-refractivity contribution in [2.45, 2.75) is 50.5 Å². The van der Waals surface area contributed by atoms with Crippen LogP contribution in [0, 0.1) is 0 Å².